The van der Waals surface area contributed by atoms with E-state index >= 15 is 0 Å². The van der Waals surface area contributed by atoms with E-state index in [9.17, 15) is 9.59 Å². The summed E-state index contributed by atoms with van der Waals surface area (Å²) in [7, 11) is 0. The first-order valence-corrected chi connectivity index (χ1v) is 6.29. The van der Waals surface area contributed by atoms with Crippen LogP contribution >= 0.6 is 0 Å². The quantitative estimate of drug-likeness (QED) is 0.671. The molecule has 100 valence electrons. The van der Waals surface area contributed by atoms with Gasteiger partial charge in [0, 0.05) is 19.8 Å². The first kappa shape index (κ1) is 16.1. The van der Waals surface area contributed by atoms with Crippen LogP contribution in [-0.4, -0.2) is 17.9 Å². The molecular formula is C14H26O3. The third-order valence-corrected chi connectivity index (χ3v) is 2.42. The Morgan fingerprint density at radius 2 is 1.65 bits per heavy atom. The van der Waals surface area contributed by atoms with Gasteiger partial charge in [0.1, 0.15) is 11.9 Å². The molecule has 0 spiro atoms. The van der Waals surface area contributed by atoms with Crippen molar-refractivity contribution in [3.05, 3.63) is 0 Å². The molecule has 0 aliphatic heterocycles. The maximum Gasteiger partial charge on any atom is 0.302 e. The van der Waals surface area contributed by atoms with Gasteiger partial charge in [-0.1, -0.05) is 27.7 Å². The van der Waals surface area contributed by atoms with Crippen molar-refractivity contribution in [1.82, 2.24) is 0 Å². The van der Waals surface area contributed by atoms with Crippen LogP contribution < -0.4 is 0 Å². The van der Waals surface area contributed by atoms with Gasteiger partial charge in [-0.3, -0.25) is 9.59 Å². The molecule has 0 radical (unpaired) electrons. The molecule has 0 aliphatic carbocycles. The molecule has 2 atom stereocenters. The topological polar surface area (TPSA) is 43.4 Å². The van der Waals surface area contributed by atoms with Crippen molar-refractivity contribution in [2.24, 2.45) is 11.3 Å². The summed E-state index contributed by atoms with van der Waals surface area (Å²) in [5.41, 5.74) is 0.251. The maximum atomic E-state index is 11.7. The van der Waals surface area contributed by atoms with E-state index < -0.39 is 0 Å². The van der Waals surface area contributed by atoms with E-state index in [0.29, 0.717) is 18.8 Å². The molecule has 0 heterocycles. The van der Waals surface area contributed by atoms with Gasteiger partial charge in [-0.15, -0.1) is 0 Å². The van der Waals surface area contributed by atoms with Gasteiger partial charge in [0.2, 0.25) is 0 Å². The highest BCUT2D eigenvalue weighted by Gasteiger charge is 2.19. The number of esters is 1. The summed E-state index contributed by atoms with van der Waals surface area (Å²) in [6.45, 7) is 11.7. The molecule has 0 fully saturated rings. The van der Waals surface area contributed by atoms with Crippen LogP contribution in [0.15, 0.2) is 0 Å². The zero-order chi connectivity index (χ0) is 13.6. The third-order valence-electron chi connectivity index (χ3n) is 2.42. The van der Waals surface area contributed by atoms with E-state index in [0.717, 1.165) is 6.42 Å². The zero-order valence-corrected chi connectivity index (χ0v) is 12.0. The van der Waals surface area contributed by atoms with Crippen molar-refractivity contribution in [2.75, 3.05) is 0 Å². The van der Waals surface area contributed by atoms with Gasteiger partial charge in [-0.25, -0.2) is 0 Å². The van der Waals surface area contributed by atoms with Crippen molar-refractivity contribution in [1.29, 1.82) is 0 Å². The molecule has 0 bridgehead atoms. The van der Waals surface area contributed by atoms with Crippen LogP contribution in [0, 0.1) is 11.3 Å². The molecule has 0 N–H and O–H groups in total. The highest BCUT2D eigenvalue weighted by atomic mass is 16.5. The summed E-state index contributed by atoms with van der Waals surface area (Å²) in [4.78, 5) is 22.5. The Hall–Kier alpha value is -0.860. The fourth-order valence-electron chi connectivity index (χ4n) is 2.24. The van der Waals surface area contributed by atoms with Gasteiger partial charge in [-0.2, -0.15) is 0 Å². The summed E-state index contributed by atoms with van der Waals surface area (Å²) in [6, 6.07) is 0. The van der Waals surface area contributed by atoms with Crippen LogP contribution in [-0.2, 0) is 14.3 Å². The zero-order valence-electron chi connectivity index (χ0n) is 12.0. The van der Waals surface area contributed by atoms with Crippen LogP contribution in [0.1, 0.15) is 60.8 Å². The smallest absolute Gasteiger partial charge is 0.302 e. The monoisotopic (exact) mass is 242 g/mol. The number of carbonyl (C=O) groups is 2. The lowest BCUT2D eigenvalue weighted by Gasteiger charge is -2.23. The second-order valence-electron chi connectivity index (χ2n) is 6.24. The Morgan fingerprint density at radius 3 is 2.06 bits per heavy atom. The van der Waals surface area contributed by atoms with Crippen LogP contribution in [0.3, 0.4) is 0 Å². The van der Waals surface area contributed by atoms with Crippen LogP contribution in [0.25, 0.3) is 0 Å². The molecule has 0 saturated carbocycles. The number of hydrogen-bond donors (Lipinski definition) is 0. The average Bonchev–Trinajstić information content (AvgIpc) is 1.95. The molecule has 17 heavy (non-hydrogen) atoms. The lowest BCUT2D eigenvalue weighted by molar-refractivity contribution is -0.146. The van der Waals surface area contributed by atoms with Gasteiger partial charge in [0.05, 0.1) is 0 Å². The molecule has 2 unspecified atom stereocenters. The van der Waals surface area contributed by atoms with Gasteiger partial charge >= 0.3 is 5.97 Å². The molecule has 0 aromatic heterocycles. The lowest BCUT2D eigenvalue weighted by Crippen LogP contribution is -2.19. The number of hydrogen-bond acceptors (Lipinski definition) is 3. The highest BCUT2D eigenvalue weighted by Crippen LogP contribution is 2.26. The van der Waals surface area contributed by atoms with E-state index in [1.165, 1.54) is 6.92 Å². The van der Waals surface area contributed by atoms with Gasteiger partial charge in [0.15, 0.2) is 0 Å². The molecular weight excluding hydrogens is 216 g/mol. The molecule has 0 aromatic carbocycles. The van der Waals surface area contributed by atoms with E-state index in [-0.39, 0.29) is 23.3 Å². The lowest BCUT2D eigenvalue weighted by atomic mass is 9.83. The van der Waals surface area contributed by atoms with E-state index in [2.05, 4.69) is 27.7 Å². The Labute approximate surface area is 105 Å². The van der Waals surface area contributed by atoms with Crippen molar-refractivity contribution in [3.63, 3.8) is 0 Å². The molecule has 3 heteroatoms. The van der Waals surface area contributed by atoms with Gasteiger partial charge < -0.3 is 4.74 Å². The minimum absolute atomic E-state index is 0.176. The standard InChI is InChI=1S/C14H26O3/c1-10(9-14(4,5)6)7-13(16)8-11(2)17-12(3)15/h10-11H,7-9H2,1-6H3. The summed E-state index contributed by atoms with van der Waals surface area (Å²) in [5, 5.41) is 0. The Kier molecular flexibility index (Phi) is 6.43. The van der Waals surface area contributed by atoms with E-state index in [1.807, 2.05) is 0 Å². The highest BCUT2D eigenvalue weighted by molar-refractivity contribution is 5.79. The van der Waals surface area contributed by atoms with Crippen LogP contribution in [0.5, 0.6) is 0 Å². The van der Waals surface area contributed by atoms with Crippen LogP contribution in [0.2, 0.25) is 0 Å². The third kappa shape index (κ3) is 10.0. The number of Topliss-reactive ketones (excluding diaryl/α,β-unsaturated/α-hetero) is 1. The molecule has 0 amide bonds. The van der Waals surface area contributed by atoms with E-state index in [1.54, 1.807) is 6.92 Å². The summed E-state index contributed by atoms with van der Waals surface area (Å²) >= 11 is 0. The fraction of sp³-hybridized carbons (Fsp3) is 0.857. The number of carbonyl (C=O) groups excluding carboxylic acids is 2. The second kappa shape index (κ2) is 6.77. The minimum Gasteiger partial charge on any atom is -0.462 e. The molecule has 3 nitrogen and oxygen atoms in total. The predicted molar refractivity (Wildman–Crippen MR) is 68.7 cm³/mol. The van der Waals surface area contributed by atoms with Crippen molar-refractivity contribution in [3.8, 4) is 0 Å². The second-order valence-corrected chi connectivity index (χ2v) is 6.24. The molecule has 0 aromatic rings. The predicted octanol–water partition coefficient (Wildman–Crippen LogP) is 3.36. The summed E-state index contributed by atoms with van der Waals surface area (Å²) in [6.07, 6.45) is 1.62. The first-order chi connectivity index (χ1) is 7.60. The SMILES string of the molecule is CC(=O)OC(C)CC(=O)CC(C)CC(C)(C)C. The number of rotatable bonds is 6. The largest absolute Gasteiger partial charge is 0.462 e. The maximum absolute atomic E-state index is 11.7. The summed E-state index contributed by atoms with van der Waals surface area (Å²) < 4.78 is 4.94. The fourth-order valence-corrected chi connectivity index (χ4v) is 2.24. The van der Waals surface area contributed by atoms with Crippen molar-refractivity contribution < 1.29 is 14.3 Å². The first-order valence-electron chi connectivity index (χ1n) is 6.29. The van der Waals surface area contributed by atoms with Crippen molar-refractivity contribution in [2.45, 2.75) is 66.9 Å². The van der Waals surface area contributed by atoms with Crippen LogP contribution in [0.4, 0.5) is 0 Å². The minimum atomic E-state index is -0.326. The normalized spacial score (nSPS) is 15.2. The summed E-state index contributed by atoms with van der Waals surface area (Å²) in [5.74, 6) is 0.232. The molecule has 0 aliphatic rings. The Balaban J connectivity index is 3.97. The van der Waals surface area contributed by atoms with Gasteiger partial charge in [0.25, 0.3) is 0 Å². The van der Waals surface area contributed by atoms with Crippen molar-refractivity contribution >= 4 is 11.8 Å². The Morgan fingerprint density at radius 1 is 1.12 bits per heavy atom. The van der Waals surface area contributed by atoms with E-state index in [4.69, 9.17) is 4.74 Å². The number of ether oxygens (including phenoxy) is 1. The Bertz CT molecular complexity index is 263. The molecule has 0 saturated heterocycles. The molecule has 0 rings (SSSR count). The van der Waals surface area contributed by atoms with Gasteiger partial charge in [-0.05, 0) is 24.7 Å². The average molecular weight is 242 g/mol. The number of ketones is 1.